The van der Waals surface area contributed by atoms with E-state index in [2.05, 4.69) is 42.0 Å². The Morgan fingerprint density at radius 2 is 2.04 bits per heavy atom. The Labute approximate surface area is 156 Å². The van der Waals surface area contributed by atoms with Crippen molar-refractivity contribution < 1.29 is 4.79 Å². The summed E-state index contributed by atoms with van der Waals surface area (Å²) < 4.78 is 2.71. The Hall–Kier alpha value is -2.35. The number of nitrogens with zero attached hydrogens (tertiary/aromatic N) is 3. The molecule has 0 unspecified atom stereocenters. The van der Waals surface area contributed by atoms with Crippen molar-refractivity contribution in [1.29, 1.82) is 0 Å². The first-order valence-electron chi connectivity index (χ1n) is 8.05. The fourth-order valence-corrected chi connectivity index (χ4v) is 2.60. The zero-order valence-electron chi connectivity index (χ0n) is 14.4. The number of carbonyl (C=O) groups is 1. The number of amides is 1. The number of rotatable bonds is 7. The van der Waals surface area contributed by atoms with Crippen LogP contribution in [0.3, 0.4) is 0 Å². The van der Waals surface area contributed by atoms with E-state index in [9.17, 15) is 4.79 Å². The summed E-state index contributed by atoms with van der Waals surface area (Å²) in [5.41, 5.74) is 1.72. The summed E-state index contributed by atoms with van der Waals surface area (Å²) in [7, 11) is 3.63. The Morgan fingerprint density at radius 3 is 2.72 bits per heavy atom. The highest BCUT2D eigenvalue weighted by molar-refractivity contribution is 9.10. The van der Waals surface area contributed by atoms with Crippen molar-refractivity contribution in [2.75, 3.05) is 20.1 Å². The molecule has 7 nitrogen and oxygen atoms in total. The SMILES string of the molecule is CN=C(NCCCNC(=O)c1cccc(Br)c1)NCc1ccnn1C. The van der Waals surface area contributed by atoms with Gasteiger partial charge in [0.05, 0.1) is 12.2 Å². The first kappa shape index (κ1) is 19.0. The van der Waals surface area contributed by atoms with Crippen LogP contribution in [0, 0.1) is 0 Å². The standard InChI is InChI=1S/C17H23BrN6O/c1-19-17(22-12-15-7-10-23-24(15)2)21-9-4-8-20-16(25)13-5-3-6-14(18)11-13/h3,5-7,10-11H,4,8-9,12H2,1-2H3,(H,20,25)(H2,19,21,22). The van der Waals surface area contributed by atoms with E-state index in [4.69, 9.17) is 0 Å². The Bertz CT molecular complexity index is 727. The lowest BCUT2D eigenvalue weighted by atomic mass is 10.2. The summed E-state index contributed by atoms with van der Waals surface area (Å²) in [6.45, 7) is 1.96. The third-order valence-electron chi connectivity index (χ3n) is 3.60. The maximum atomic E-state index is 12.0. The molecule has 2 aromatic rings. The Kier molecular flexibility index (Phi) is 7.46. The van der Waals surface area contributed by atoms with E-state index in [1.807, 2.05) is 29.9 Å². The van der Waals surface area contributed by atoms with Gasteiger partial charge in [0.2, 0.25) is 0 Å². The molecular weight excluding hydrogens is 384 g/mol. The molecule has 1 aromatic heterocycles. The number of aryl methyl sites for hydroxylation is 1. The Morgan fingerprint density at radius 1 is 1.24 bits per heavy atom. The lowest BCUT2D eigenvalue weighted by Crippen LogP contribution is -2.38. The third-order valence-corrected chi connectivity index (χ3v) is 4.09. The van der Waals surface area contributed by atoms with E-state index in [1.165, 1.54) is 0 Å². The highest BCUT2D eigenvalue weighted by atomic mass is 79.9. The summed E-state index contributed by atoms with van der Waals surface area (Å²) in [4.78, 5) is 16.2. The molecule has 0 aliphatic rings. The Balaban J connectivity index is 1.64. The van der Waals surface area contributed by atoms with Crippen LogP contribution in [0.2, 0.25) is 0 Å². The highest BCUT2D eigenvalue weighted by Crippen LogP contribution is 2.11. The van der Waals surface area contributed by atoms with Gasteiger partial charge in [-0.1, -0.05) is 22.0 Å². The first-order chi connectivity index (χ1) is 12.1. The van der Waals surface area contributed by atoms with Crippen molar-refractivity contribution in [2.24, 2.45) is 12.0 Å². The molecule has 1 heterocycles. The molecule has 0 aliphatic heterocycles. The monoisotopic (exact) mass is 406 g/mol. The van der Waals surface area contributed by atoms with Gasteiger partial charge in [0, 0.05) is 43.4 Å². The molecule has 8 heteroatoms. The molecule has 0 bridgehead atoms. The van der Waals surface area contributed by atoms with Crippen molar-refractivity contribution in [3.05, 3.63) is 52.3 Å². The van der Waals surface area contributed by atoms with Crippen LogP contribution in [0.5, 0.6) is 0 Å². The van der Waals surface area contributed by atoms with Crippen molar-refractivity contribution >= 4 is 27.8 Å². The van der Waals surface area contributed by atoms with Gasteiger partial charge < -0.3 is 16.0 Å². The van der Waals surface area contributed by atoms with E-state index in [0.717, 1.165) is 22.5 Å². The highest BCUT2D eigenvalue weighted by Gasteiger charge is 2.05. The molecule has 0 aliphatic carbocycles. The molecule has 3 N–H and O–H groups in total. The topological polar surface area (TPSA) is 83.3 Å². The van der Waals surface area contributed by atoms with E-state index < -0.39 is 0 Å². The zero-order chi connectivity index (χ0) is 18.1. The zero-order valence-corrected chi connectivity index (χ0v) is 16.0. The van der Waals surface area contributed by atoms with E-state index in [-0.39, 0.29) is 5.91 Å². The van der Waals surface area contributed by atoms with Gasteiger partial charge in [0.15, 0.2) is 5.96 Å². The van der Waals surface area contributed by atoms with Gasteiger partial charge >= 0.3 is 0 Å². The van der Waals surface area contributed by atoms with Gasteiger partial charge in [-0.2, -0.15) is 5.10 Å². The maximum absolute atomic E-state index is 12.0. The molecule has 1 aromatic carbocycles. The summed E-state index contributed by atoms with van der Waals surface area (Å²) in [5, 5.41) is 13.5. The van der Waals surface area contributed by atoms with Gasteiger partial charge in [-0.05, 0) is 30.7 Å². The fourth-order valence-electron chi connectivity index (χ4n) is 2.20. The number of hydrogen-bond acceptors (Lipinski definition) is 3. The van der Waals surface area contributed by atoms with Gasteiger partial charge in [0.1, 0.15) is 0 Å². The second kappa shape index (κ2) is 9.83. The number of aromatic nitrogens is 2. The van der Waals surface area contributed by atoms with Crippen LogP contribution in [0.25, 0.3) is 0 Å². The molecule has 2 rings (SSSR count). The van der Waals surface area contributed by atoms with Crippen LogP contribution >= 0.6 is 15.9 Å². The minimum atomic E-state index is -0.0694. The fraction of sp³-hybridized carbons (Fsp3) is 0.353. The lowest BCUT2D eigenvalue weighted by molar-refractivity contribution is 0.0953. The predicted octanol–water partition coefficient (Wildman–Crippen LogP) is 1.67. The second-order valence-corrected chi connectivity index (χ2v) is 6.33. The van der Waals surface area contributed by atoms with Crippen LogP contribution in [0.4, 0.5) is 0 Å². The van der Waals surface area contributed by atoms with E-state index in [1.54, 1.807) is 25.4 Å². The first-order valence-corrected chi connectivity index (χ1v) is 8.84. The maximum Gasteiger partial charge on any atom is 0.251 e. The largest absolute Gasteiger partial charge is 0.356 e. The quantitative estimate of drug-likeness (QED) is 0.371. The summed E-state index contributed by atoms with van der Waals surface area (Å²) >= 11 is 3.37. The second-order valence-electron chi connectivity index (χ2n) is 5.42. The number of halogens is 1. The number of benzene rings is 1. The van der Waals surface area contributed by atoms with Gasteiger partial charge in [-0.15, -0.1) is 0 Å². The molecule has 25 heavy (non-hydrogen) atoms. The van der Waals surface area contributed by atoms with E-state index in [0.29, 0.717) is 25.2 Å². The number of aliphatic imine (C=N–C) groups is 1. The normalized spacial score (nSPS) is 11.2. The molecule has 0 radical (unpaired) electrons. The summed E-state index contributed by atoms with van der Waals surface area (Å²) in [5.74, 6) is 0.652. The molecule has 1 amide bonds. The van der Waals surface area contributed by atoms with Crippen LogP contribution in [-0.4, -0.2) is 41.8 Å². The van der Waals surface area contributed by atoms with Crippen molar-refractivity contribution in [2.45, 2.75) is 13.0 Å². The van der Waals surface area contributed by atoms with Crippen molar-refractivity contribution in [3.8, 4) is 0 Å². The van der Waals surface area contributed by atoms with Gasteiger partial charge in [-0.25, -0.2) is 0 Å². The smallest absolute Gasteiger partial charge is 0.251 e. The summed E-state index contributed by atoms with van der Waals surface area (Å²) in [6, 6.07) is 9.29. The van der Waals surface area contributed by atoms with E-state index >= 15 is 0 Å². The number of nitrogens with one attached hydrogen (secondary N) is 3. The third kappa shape index (κ3) is 6.22. The van der Waals surface area contributed by atoms with Crippen LogP contribution in [0.15, 0.2) is 46.0 Å². The van der Waals surface area contributed by atoms with Crippen LogP contribution in [0.1, 0.15) is 22.5 Å². The van der Waals surface area contributed by atoms with Gasteiger partial charge in [0.25, 0.3) is 5.91 Å². The molecule has 134 valence electrons. The van der Waals surface area contributed by atoms with Crippen LogP contribution < -0.4 is 16.0 Å². The minimum Gasteiger partial charge on any atom is -0.356 e. The van der Waals surface area contributed by atoms with Crippen molar-refractivity contribution in [3.63, 3.8) is 0 Å². The minimum absolute atomic E-state index is 0.0694. The molecule has 0 atom stereocenters. The molecular formula is C17H23BrN6O. The number of guanidine groups is 1. The predicted molar refractivity (Wildman–Crippen MR) is 103 cm³/mol. The molecule has 0 spiro atoms. The average Bonchev–Trinajstić information content (AvgIpc) is 3.02. The van der Waals surface area contributed by atoms with Gasteiger partial charge in [-0.3, -0.25) is 14.5 Å². The van der Waals surface area contributed by atoms with Crippen LogP contribution in [-0.2, 0) is 13.6 Å². The van der Waals surface area contributed by atoms with Crippen molar-refractivity contribution in [1.82, 2.24) is 25.7 Å². The summed E-state index contributed by atoms with van der Waals surface area (Å²) in [6.07, 6.45) is 2.56. The average molecular weight is 407 g/mol. The molecule has 0 saturated carbocycles. The number of carbonyl (C=O) groups excluding carboxylic acids is 1. The molecule has 0 saturated heterocycles. The number of hydrogen-bond donors (Lipinski definition) is 3. The molecule has 0 fully saturated rings. The lowest BCUT2D eigenvalue weighted by Gasteiger charge is -2.12.